The Labute approximate surface area is 168 Å². The lowest BCUT2D eigenvalue weighted by Gasteiger charge is -2.19. The van der Waals surface area contributed by atoms with Crippen molar-refractivity contribution in [2.75, 3.05) is 26.2 Å². The van der Waals surface area contributed by atoms with E-state index < -0.39 is 0 Å². The fraction of sp³-hybridized carbons (Fsp3) is 0.435. The maximum atomic E-state index is 12.5. The first-order valence-corrected chi connectivity index (χ1v) is 10.4. The molecule has 2 fully saturated rings. The number of carbonyl (C=O) groups is 2. The van der Waals surface area contributed by atoms with Crippen LogP contribution in [0.2, 0.25) is 0 Å². The van der Waals surface area contributed by atoms with E-state index in [9.17, 15) is 9.59 Å². The van der Waals surface area contributed by atoms with E-state index in [1.807, 2.05) is 24.3 Å². The number of aromatic nitrogens is 1. The molecule has 0 radical (unpaired) electrons. The summed E-state index contributed by atoms with van der Waals surface area (Å²) in [6.07, 6.45) is 5.23. The van der Waals surface area contributed by atoms with Crippen LogP contribution in [-0.2, 0) is 9.59 Å². The molecule has 1 saturated heterocycles. The van der Waals surface area contributed by atoms with Crippen molar-refractivity contribution in [1.29, 1.82) is 0 Å². The van der Waals surface area contributed by atoms with Crippen LogP contribution < -0.4 is 4.74 Å². The summed E-state index contributed by atoms with van der Waals surface area (Å²) in [7, 11) is 0. The van der Waals surface area contributed by atoms with Gasteiger partial charge in [-0.15, -0.1) is 0 Å². The number of fused-ring (bicyclic) bond motifs is 3. The number of likely N-dealkylation sites (tertiary alicyclic amines) is 1. The van der Waals surface area contributed by atoms with Gasteiger partial charge in [0.1, 0.15) is 23.8 Å². The smallest absolute Gasteiger partial charge is 0.213 e. The molecular weight excluding hydrogens is 368 g/mol. The molecule has 3 heterocycles. The van der Waals surface area contributed by atoms with Crippen LogP contribution in [0.15, 0.2) is 34.9 Å². The third-order valence-corrected chi connectivity index (χ3v) is 6.11. The molecule has 1 aromatic carbocycles. The summed E-state index contributed by atoms with van der Waals surface area (Å²) in [6.45, 7) is 3.86. The van der Waals surface area contributed by atoms with Gasteiger partial charge in [-0.25, -0.2) is 4.98 Å². The molecule has 29 heavy (non-hydrogen) atoms. The number of carbonyl (C=O) groups excluding carboxylic acids is 2. The molecule has 0 amide bonds. The minimum Gasteiger partial charge on any atom is -0.476 e. The van der Waals surface area contributed by atoms with E-state index >= 15 is 0 Å². The Bertz CT molecular complexity index is 1080. The molecule has 6 heteroatoms. The Kier molecular flexibility index (Phi) is 4.79. The van der Waals surface area contributed by atoms with Crippen LogP contribution in [0.5, 0.6) is 5.88 Å². The Balaban J connectivity index is 1.42. The number of rotatable bonds is 5. The maximum absolute atomic E-state index is 12.5. The molecular formula is C23H24N2O4. The predicted molar refractivity (Wildman–Crippen MR) is 109 cm³/mol. The van der Waals surface area contributed by atoms with Crippen molar-refractivity contribution in [1.82, 2.24) is 9.88 Å². The maximum Gasteiger partial charge on any atom is 0.213 e. The number of ether oxygens (including phenoxy) is 1. The lowest BCUT2D eigenvalue weighted by atomic mass is 9.82. The van der Waals surface area contributed by atoms with Crippen molar-refractivity contribution in [2.24, 2.45) is 0 Å². The number of pyridine rings is 1. The summed E-state index contributed by atoms with van der Waals surface area (Å²) < 4.78 is 11.6. The minimum atomic E-state index is -0.282. The van der Waals surface area contributed by atoms with Crippen LogP contribution in [0.25, 0.3) is 21.9 Å². The number of furan rings is 1. The van der Waals surface area contributed by atoms with E-state index in [1.165, 1.54) is 12.8 Å². The number of hydrogen-bond donors (Lipinski definition) is 0. The molecule has 1 saturated carbocycles. The summed E-state index contributed by atoms with van der Waals surface area (Å²) >= 11 is 0. The minimum absolute atomic E-state index is 0.0178. The third kappa shape index (κ3) is 3.53. The van der Waals surface area contributed by atoms with Gasteiger partial charge in [-0.3, -0.25) is 14.5 Å². The van der Waals surface area contributed by atoms with Crippen LogP contribution in [0, 0.1) is 0 Å². The fourth-order valence-corrected chi connectivity index (χ4v) is 4.57. The number of ketones is 2. The molecule has 0 unspecified atom stereocenters. The Morgan fingerprint density at radius 2 is 2.00 bits per heavy atom. The van der Waals surface area contributed by atoms with Gasteiger partial charge >= 0.3 is 0 Å². The molecule has 5 rings (SSSR count). The van der Waals surface area contributed by atoms with E-state index in [4.69, 9.17) is 9.15 Å². The number of nitrogens with zero attached hydrogens (tertiary/aromatic N) is 2. The largest absolute Gasteiger partial charge is 0.476 e. The highest BCUT2D eigenvalue weighted by Crippen LogP contribution is 2.38. The van der Waals surface area contributed by atoms with Gasteiger partial charge in [0.2, 0.25) is 5.88 Å². The van der Waals surface area contributed by atoms with Crippen molar-refractivity contribution >= 4 is 33.4 Å². The number of hydrogen-bond acceptors (Lipinski definition) is 6. The standard InChI is InChI=1S/C23H24N2O4/c26-15-3-4-16(20(27)13-15)18-14-29-21-7-6-19-17(23(18)21)5-8-22(24-19)28-12-11-25-9-1-2-10-25/h5-8,14,16H,1-4,9-13H2/t16-/m1/s1. The Morgan fingerprint density at radius 1 is 1.14 bits per heavy atom. The second kappa shape index (κ2) is 7.59. The second-order valence-electron chi connectivity index (χ2n) is 8.02. The van der Waals surface area contributed by atoms with Gasteiger partial charge in [-0.2, -0.15) is 0 Å². The van der Waals surface area contributed by atoms with Crippen LogP contribution in [-0.4, -0.2) is 47.7 Å². The summed E-state index contributed by atoms with van der Waals surface area (Å²) in [6, 6.07) is 7.69. The first-order chi connectivity index (χ1) is 14.2. The summed E-state index contributed by atoms with van der Waals surface area (Å²) in [5.74, 6) is 0.341. The molecule has 1 aliphatic heterocycles. The zero-order valence-corrected chi connectivity index (χ0v) is 16.4. The van der Waals surface area contributed by atoms with E-state index in [0.717, 1.165) is 47.1 Å². The van der Waals surface area contributed by atoms with Gasteiger partial charge in [-0.1, -0.05) is 0 Å². The van der Waals surface area contributed by atoms with Crippen molar-refractivity contribution < 1.29 is 18.7 Å². The van der Waals surface area contributed by atoms with E-state index in [-0.39, 0.29) is 23.9 Å². The van der Waals surface area contributed by atoms with Crippen molar-refractivity contribution in [3.8, 4) is 5.88 Å². The van der Waals surface area contributed by atoms with E-state index in [1.54, 1.807) is 6.26 Å². The van der Waals surface area contributed by atoms with Gasteiger partial charge in [0.05, 0.1) is 18.2 Å². The van der Waals surface area contributed by atoms with Crippen LogP contribution in [0.3, 0.4) is 0 Å². The Hall–Kier alpha value is -2.73. The molecule has 2 aromatic heterocycles. The highest BCUT2D eigenvalue weighted by Gasteiger charge is 2.31. The van der Waals surface area contributed by atoms with Gasteiger partial charge in [0.15, 0.2) is 0 Å². The van der Waals surface area contributed by atoms with Gasteiger partial charge in [0, 0.05) is 41.3 Å². The SMILES string of the molecule is O=C1CC[C@H](c2coc3ccc4nc(OCCN5CCCC5)ccc4c23)C(=O)C1. The van der Waals surface area contributed by atoms with Crippen LogP contribution >= 0.6 is 0 Å². The predicted octanol–water partition coefficient (Wildman–Crippen LogP) is 3.86. The molecule has 1 aliphatic carbocycles. The normalized spacial score (nSPS) is 20.8. The number of benzene rings is 1. The monoisotopic (exact) mass is 392 g/mol. The highest BCUT2D eigenvalue weighted by atomic mass is 16.5. The first-order valence-electron chi connectivity index (χ1n) is 10.4. The summed E-state index contributed by atoms with van der Waals surface area (Å²) in [4.78, 5) is 31.1. The van der Waals surface area contributed by atoms with Gasteiger partial charge in [0.25, 0.3) is 0 Å². The van der Waals surface area contributed by atoms with Crippen molar-refractivity contribution in [3.05, 3.63) is 36.1 Å². The van der Waals surface area contributed by atoms with Gasteiger partial charge in [-0.05, 0) is 50.6 Å². The highest BCUT2D eigenvalue weighted by molar-refractivity contribution is 6.10. The van der Waals surface area contributed by atoms with E-state index in [2.05, 4.69) is 9.88 Å². The van der Waals surface area contributed by atoms with Crippen molar-refractivity contribution in [2.45, 2.75) is 38.0 Å². The van der Waals surface area contributed by atoms with Gasteiger partial charge < -0.3 is 9.15 Å². The van der Waals surface area contributed by atoms with Crippen molar-refractivity contribution in [3.63, 3.8) is 0 Å². The zero-order valence-electron chi connectivity index (χ0n) is 16.4. The quantitative estimate of drug-likeness (QED) is 0.614. The molecule has 1 atom stereocenters. The van der Waals surface area contributed by atoms with E-state index in [0.29, 0.717) is 25.3 Å². The molecule has 0 spiro atoms. The molecule has 2 aliphatic rings. The molecule has 6 nitrogen and oxygen atoms in total. The third-order valence-electron chi connectivity index (χ3n) is 6.11. The lowest BCUT2D eigenvalue weighted by molar-refractivity contribution is -0.130. The number of Topliss-reactive ketones (excluding diaryl/α,β-unsaturated/α-hetero) is 2. The average Bonchev–Trinajstić information content (AvgIpc) is 3.38. The molecule has 150 valence electrons. The lowest BCUT2D eigenvalue weighted by Crippen LogP contribution is -2.25. The van der Waals surface area contributed by atoms with Crippen LogP contribution in [0.1, 0.15) is 43.6 Å². The molecule has 3 aromatic rings. The molecule has 0 bridgehead atoms. The average molecular weight is 392 g/mol. The fourth-order valence-electron chi connectivity index (χ4n) is 4.57. The first kappa shape index (κ1) is 18.3. The molecule has 0 N–H and O–H groups in total. The Morgan fingerprint density at radius 3 is 2.83 bits per heavy atom. The summed E-state index contributed by atoms with van der Waals surface area (Å²) in [5, 5.41) is 1.87. The second-order valence-corrected chi connectivity index (χ2v) is 8.02. The van der Waals surface area contributed by atoms with Crippen LogP contribution in [0.4, 0.5) is 0 Å². The zero-order chi connectivity index (χ0) is 19.8. The topological polar surface area (TPSA) is 72.6 Å². The summed E-state index contributed by atoms with van der Waals surface area (Å²) in [5.41, 5.74) is 2.42.